The van der Waals surface area contributed by atoms with Crippen LogP contribution in [0.5, 0.6) is 5.75 Å². The summed E-state index contributed by atoms with van der Waals surface area (Å²) in [6, 6.07) is 20.2. The van der Waals surface area contributed by atoms with Gasteiger partial charge in [0.2, 0.25) is 0 Å². The van der Waals surface area contributed by atoms with Gasteiger partial charge in [-0.05, 0) is 53.4 Å². The first-order chi connectivity index (χ1) is 14.7. The number of carbonyl (C=O) groups excluding carboxylic acids is 2. The van der Waals surface area contributed by atoms with E-state index in [4.69, 9.17) is 4.74 Å². The Labute approximate surface area is 176 Å². The third-order valence-corrected chi connectivity index (χ3v) is 6.35. The SMILES string of the molecule is O=C(CCN1CCC(c2ccccc2)C1)c1ccc2cc3c(cc2c1)OCCC3=O. The van der Waals surface area contributed by atoms with Crippen LogP contribution in [0, 0.1) is 0 Å². The van der Waals surface area contributed by atoms with Crippen molar-refractivity contribution < 1.29 is 14.3 Å². The average molecular weight is 399 g/mol. The number of rotatable bonds is 5. The Bertz CT molecular complexity index is 1110. The molecule has 0 spiro atoms. The summed E-state index contributed by atoms with van der Waals surface area (Å²) >= 11 is 0. The Morgan fingerprint density at radius 3 is 2.77 bits per heavy atom. The number of hydrogen-bond donors (Lipinski definition) is 0. The largest absolute Gasteiger partial charge is 0.492 e. The first-order valence-corrected chi connectivity index (χ1v) is 10.7. The van der Waals surface area contributed by atoms with Gasteiger partial charge in [0.05, 0.1) is 12.2 Å². The number of benzene rings is 3. The van der Waals surface area contributed by atoms with Crippen LogP contribution in [0.25, 0.3) is 10.8 Å². The second-order valence-corrected chi connectivity index (χ2v) is 8.30. The van der Waals surface area contributed by atoms with Crippen LogP contribution in [0.4, 0.5) is 0 Å². The molecule has 1 saturated heterocycles. The monoisotopic (exact) mass is 399 g/mol. The van der Waals surface area contributed by atoms with E-state index in [0.717, 1.165) is 42.4 Å². The molecule has 0 N–H and O–H groups in total. The summed E-state index contributed by atoms with van der Waals surface area (Å²) in [4.78, 5) is 27.3. The minimum Gasteiger partial charge on any atom is -0.492 e. The molecular formula is C26H25NO3. The number of fused-ring (bicyclic) bond motifs is 2. The maximum atomic E-state index is 12.8. The van der Waals surface area contributed by atoms with Gasteiger partial charge < -0.3 is 9.64 Å². The molecule has 0 aromatic heterocycles. The molecule has 1 fully saturated rings. The Kier molecular flexibility index (Phi) is 5.09. The number of ketones is 2. The van der Waals surface area contributed by atoms with E-state index < -0.39 is 0 Å². The first-order valence-electron chi connectivity index (χ1n) is 10.7. The van der Waals surface area contributed by atoms with Crippen LogP contribution in [-0.2, 0) is 0 Å². The summed E-state index contributed by atoms with van der Waals surface area (Å²) in [5.41, 5.74) is 2.77. The van der Waals surface area contributed by atoms with E-state index in [1.165, 1.54) is 5.56 Å². The van der Waals surface area contributed by atoms with Crippen LogP contribution in [0.3, 0.4) is 0 Å². The van der Waals surface area contributed by atoms with Gasteiger partial charge in [-0.2, -0.15) is 0 Å². The summed E-state index contributed by atoms with van der Waals surface area (Å²) in [6.07, 6.45) is 2.10. The molecule has 30 heavy (non-hydrogen) atoms. The standard InChI is InChI=1S/C26H25NO3/c28-24(9-12-27-11-8-21(17-27)18-4-2-1-3-5-18)20-7-6-19-15-23-25(29)10-13-30-26(23)16-22(19)14-20/h1-7,14-16,21H,8-13,17H2. The van der Waals surface area contributed by atoms with E-state index in [1.807, 2.05) is 30.3 Å². The van der Waals surface area contributed by atoms with E-state index >= 15 is 0 Å². The van der Waals surface area contributed by atoms with Crippen molar-refractivity contribution in [3.05, 3.63) is 77.4 Å². The summed E-state index contributed by atoms with van der Waals surface area (Å²) < 4.78 is 5.65. The third kappa shape index (κ3) is 3.75. The zero-order valence-electron chi connectivity index (χ0n) is 17.0. The maximum absolute atomic E-state index is 12.8. The van der Waals surface area contributed by atoms with Crippen LogP contribution in [0.2, 0.25) is 0 Å². The number of Topliss-reactive ketones (excluding diaryl/α,β-unsaturated/α-hetero) is 2. The lowest BCUT2D eigenvalue weighted by Gasteiger charge is -2.17. The summed E-state index contributed by atoms with van der Waals surface area (Å²) in [7, 11) is 0. The second-order valence-electron chi connectivity index (χ2n) is 8.30. The molecule has 152 valence electrons. The fourth-order valence-corrected chi connectivity index (χ4v) is 4.61. The topological polar surface area (TPSA) is 46.6 Å². The molecule has 1 atom stereocenters. The zero-order chi connectivity index (χ0) is 20.5. The Balaban J connectivity index is 1.25. The van der Waals surface area contributed by atoms with Gasteiger partial charge in [-0.25, -0.2) is 0 Å². The third-order valence-electron chi connectivity index (χ3n) is 6.35. The van der Waals surface area contributed by atoms with E-state index in [0.29, 0.717) is 36.7 Å². The average Bonchev–Trinajstić information content (AvgIpc) is 3.26. The highest BCUT2D eigenvalue weighted by Gasteiger charge is 2.24. The van der Waals surface area contributed by atoms with E-state index in [1.54, 1.807) is 0 Å². The molecule has 0 bridgehead atoms. The molecule has 0 aliphatic carbocycles. The highest BCUT2D eigenvalue weighted by molar-refractivity contribution is 6.05. The van der Waals surface area contributed by atoms with Gasteiger partial charge in [0.1, 0.15) is 5.75 Å². The van der Waals surface area contributed by atoms with Crippen molar-refractivity contribution in [2.45, 2.75) is 25.2 Å². The van der Waals surface area contributed by atoms with Crippen LogP contribution in [-0.4, -0.2) is 42.7 Å². The number of likely N-dealkylation sites (tertiary alicyclic amines) is 1. The van der Waals surface area contributed by atoms with Gasteiger partial charge in [0.15, 0.2) is 11.6 Å². The van der Waals surface area contributed by atoms with Gasteiger partial charge in [-0.3, -0.25) is 9.59 Å². The summed E-state index contributed by atoms with van der Waals surface area (Å²) in [6.45, 7) is 3.28. The van der Waals surface area contributed by atoms with Crippen LogP contribution >= 0.6 is 0 Å². The lowest BCUT2D eigenvalue weighted by molar-refractivity contribution is 0.0931. The zero-order valence-corrected chi connectivity index (χ0v) is 17.0. The van der Waals surface area contributed by atoms with Crippen LogP contribution < -0.4 is 4.74 Å². The van der Waals surface area contributed by atoms with Gasteiger partial charge in [-0.1, -0.05) is 42.5 Å². The van der Waals surface area contributed by atoms with E-state index in [-0.39, 0.29) is 11.6 Å². The van der Waals surface area contributed by atoms with Crippen molar-refractivity contribution in [3.63, 3.8) is 0 Å². The van der Waals surface area contributed by atoms with Crippen molar-refractivity contribution in [2.24, 2.45) is 0 Å². The van der Waals surface area contributed by atoms with Crippen molar-refractivity contribution in [1.29, 1.82) is 0 Å². The second kappa shape index (κ2) is 8.04. The highest BCUT2D eigenvalue weighted by Crippen LogP contribution is 2.31. The minimum absolute atomic E-state index is 0.123. The molecule has 3 aromatic rings. The summed E-state index contributed by atoms with van der Waals surface area (Å²) in [5, 5.41) is 1.91. The predicted molar refractivity (Wildman–Crippen MR) is 118 cm³/mol. The van der Waals surface area contributed by atoms with Crippen molar-refractivity contribution in [2.75, 3.05) is 26.2 Å². The summed E-state index contributed by atoms with van der Waals surface area (Å²) in [5.74, 6) is 1.48. The molecule has 1 unspecified atom stereocenters. The van der Waals surface area contributed by atoms with Gasteiger partial charge >= 0.3 is 0 Å². The molecule has 4 heteroatoms. The molecule has 4 nitrogen and oxygen atoms in total. The molecule has 0 radical (unpaired) electrons. The number of ether oxygens (including phenoxy) is 1. The van der Waals surface area contributed by atoms with E-state index in [2.05, 4.69) is 35.2 Å². The van der Waals surface area contributed by atoms with Crippen LogP contribution in [0.15, 0.2) is 60.7 Å². The van der Waals surface area contributed by atoms with E-state index in [9.17, 15) is 9.59 Å². The van der Waals surface area contributed by atoms with Gasteiger partial charge in [0.25, 0.3) is 0 Å². The van der Waals surface area contributed by atoms with Gasteiger partial charge in [0, 0.05) is 31.5 Å². The molecular weight excluding hydrogens is 374 g/mol. The minimum atomic E-state index is 0.123. The molecule has 0 saturated carbocycles. The van der Waals surface area contributed by atoms with Gasteiger partial charge in [-0.15, -0.1) is 0 Å². The van der Waals surface area contributed by atoms with Crippen molar-refractivity contribution >= 4 is 22.3 Å². The molecule has 2 aliphatic heterocycles. The fourth-order valence-electron chi connectivity index (χ4n) is 4.61. The van der Waals surface area contributed by atoms with Crippen molar-refractivity contribution in [1.82, 2.24) is 4.90 Å². The number of nitrogens with zero attached hydrogens (tertiary/aromatic N) is 1. The van der Waals surface area contributed by atoms with Crippen molar-refractivity contribution in [3.8, 4) is 5.75 Å². The smallest absolute Gasteiger partial charge is 0.170 e. The fraction of sp³-hybridized carbons (Fsp3) is 0.308. The Morgan fingerprint density at radius 1 is 1.03 bits per heavy atom. The number of hydrogen-bond acceptors (Lipinski definition) is 4. The molecule has 5 rings (SSSR count). The first kappa shape index (κ1) is 19.0. The molecule has 3 aromatic carbocycles. The molecule has 2 heterocycles. The lowest BCUT2D eigenvalue weighted by atomic mass is 9.97. The Hall–Kier alpha value is -2.98. The highest BCUT2D eigenvalue weighted by atomic mass is 16.5. The lowest BCUT2D eigenvalue weighted by Crippen LogP contribution is -2.23. The normalized spacial score (nSPS) is 18.9. The van der Waals surface area contributed by atoms with Crippen LogP contribution in [0.1, 0.15) is 51.5 Å². The molecule has 0 amide bonds. The Morgan fingerprint density at radius 2 is 1.90 bits per heavy atom. The quantitative estimate of drug-likeness (QED) is 0.575. The maximum Gasteiger partial charge on any atom is 0.170 e. The number of carbonyl (C=O) groups is 2. The molecule has 2 aliphatic rings. The predicted octanol–water partition coefficient (Wildman–Crippen LogP) is 4.87.